The standard InChI is InChI=1S/C10H10ClFO3/c1-5(2-9(13)14)6-3-7(11)10(15)8(12)4-6/h3-5,15H,2H2,1H3,(H,13,14). The van der Waals surface area contributed by atoms with Gasteiger partial charge in [0, 0.05) is 0 Å². The number of carboxylic acid groups (broad SMARTS) is 1. The van der Waals surface area contributed by atoms with Crippen molar-refractivity contribution in [1.82, 2.24) is 0 Å². The Bertz CT molecular complexity index is 369. The van der Waals surface area contributed by atoms with Crippen LogP contribution in [-0.4, -0.2) is 16.2 Å². The molecule has 5 heteroatoms. The van der Waals surface area contributed by atoms with Crippen LogP contribution >= 0.6 is 11.6 Å². The second-order valence-corrected chi connectivity index (χ2v) is 3.74. The SMILES string of the molecule is CC(CC(=O)O)c1cc(F)c(O)c(Cl)c1. The molecule has 1 rings (SSSR count). The van der Waals surface area contributed by atoms with E-state index in [0.29, 0.717) is 5.56 Å². The van der Waals surface area contributed by atoms with Gasteiger partial charge in [0.05, 0.1) is 11.4 Å². The first kappa shape index (κ1) is 11.8. The predicted octanol–water partition coefficient (Wildman–Crippen LogP) is 2.76. The van der Waals surface area contributed by atoms with E-state index in [4.69, 9.17) is 21.8 Å². The molecule has 0 radical (unpaired) electrons. The lowest BCUT2D eigenvalue weighted by Gasteiger charge is -2.10. The van der Waals surface area contributed by atoms with Crippen molar-refractivity contribution in [3.8, 4) is 5.75 Å². The molecule has 0 saturated carbocycles. The molecule has 0 heterocycles. The van der Waals surface area contributed by atoms with E-state index in [1.165, 1.54) is 6.07 Å². The van der Waals surface area contributed by atoms with Crippen LogP contribution in [0, 0.1) is 5.82 Å². The third-order valence-corrected chi connectivity index (χ3v) is 2.38. The van der Waals surface area contributed by atoms with Crippen molar-refractivity contribution in [3.63, 3.8) is 0 Å². The van der Waals surface area contributed by atoms with Gasteiger partial charge in [0.15, 0.2) is 11.6 Å². The number of benzene rings is 1. The smallest absolute Gasteiger partial charge is 0.303 e. The van der Waals surface area contributed by atoms with Crippen LogP contribution in [0.2, 0.25) is 5.02 Å². The Labute approximate surface area is 91.1 Å². The minimum atomic E-state index is -0.966. The van der Waals surface area contributed by atoms with Crippen LogP contribution in [0.15, 0.2) is 12.1 Å². The third kappa shape index (κ3) is 2.83. The molecule has 1 aromatic carbocycles. The van der Waals surface area contributed by atoms with E-state index in [0.717, 1.165) is 6.07 Å². The van der Waals surface area contributed by atoms with Gasteiger partial charge in [-0.2, -0.15) is 0 Å². The fourth-order valence-corrected chi connectivity index (χ4v) is 1.47. The number of phenols is 1. The Hall–Kier alpha value is -1.29. The van der Waals surface area contributed by atoms with Crippen molar-refractivity contribution in [1.29, 1.82) is 0 Å². The molecule has 0 amide bonds. The molecule has 3 nitrogen and oxygen atoms in total. The maximum absolute atomic E-state index is 13.1. The minimum Gasteiger partial charge on any atom is -0.504 e. The number of aliphatic carboxylic acids is 1. The van der Waals surface area contributed by atoms with Crippen LogP contribution in [0.1, 0.15) is 24.8 Å². The minimum absolute atomic E-state index is 0.109. The molecule has 15 heavy (non-hydrogen) atoms. The highest BCUT2D eigenvalue weighted by molar-refractivity contribution is 6.32. The highest BCUT2D eigenvalue weighted by Gasteiger charge is 2.14. The fraction of sp³-hybridized carbons (Fsp3) is 0.300. The van der Waals surface area contributed by atoms with Crippen molar-refractivity contribution in [2.45, 2.75) is 19.3 Å². The summed E-state index contributed by atoms with van der Waals surface area (Å²) in [5.41, 5.74) is 0.456. The van der Waals surface area contributed by atoms with Gasteiger partial charge in [-0.1, -0.05) is 18.5 Å². The van der Waals surface area contributed by atoms with Gasteiger partial charge >= 0.3 is 5.97 Å². The van der Waals surface area contributed by atoms with Gasteiger partial charge in [-0.05, 0) is 23.6 Å². The Kier molecular flexibility index (Phi) is 3.52. The molecule has 0 saturated heterocycles. The maximum Gasteiger partial charge on any atom is 0.303 e. The van der Waals surface area contributed by atoms with E-state index in [2.05, 4.69) is 0 Å². The van der Waals surface area contributed by atoms with Gasteiger partial charge < -0.3 is 10.2 Å². The first-order valence-corrected chi connectivity index (χ1v) is 4.69. The largest absolute Gasteiger partial charge is 0.504 e. The van der Waals surface area contributed by atoms with E-state index in [1.807, 2.05) is 0 Å². The summed E-state index contributed by atoms with van der Waals surface area (Å²) in [5, 5.41) is 17.5. The van der Waals surface area contributed by atoms with E-state index < -0.39 is 17.5 Å². The number of hydrogen-bond donors (Lipinski definition) is 2. The van der Waals surface area contributed by atoms with Crippen LogP contribution in [0.5, 0.6) is 5.75 Å². The monoisotopic (exact) mass is 232 g/mol. The molecule has 1 aromatic rings. The Morgan fingerprint density at radius 2 is 2.20 bits per heavy atom. The summed E-state index contributed by atoms with van der Waals surface area (Å²) in [5.74, 6) is -2.76. The highest BCUT2D eigenvalue weighted by Crippen LogP contribution is 2.31. The summed E-state index contributed by atoms with van der Waals surface area (Å²) in [4.78, 5) is 10.4. The van der Waals surface area contributed by atoms with Gasteiger partial charge in [-0.3, -0.25) is 4.79 Å². The van der Waals surface area contributed by atoms with Crippen molar-refractivity contribution in [2.24, 2.45) is 0 Å². The summed E-state index contributed by atoms with van der Waals surface area (Å²) >= 11 is 5.56. The zero-order valence-corrected chi connectivity index (χ0v) is 8.75. The summed E-state index contributed by atoms with van der Waals surface area (Å²) < 4.78 is 13.1. The predicted molar refractivity (Wildman–Crippen MR) is 53.7 cm³/mol. The molecule has 1 atom stereocenters. The van der Waals surface area contributed by atoms with Crippen LogP contribution < -0.4 is 0 Å². The molecule has 82 valence electrons. The number of hydrogen-bond acceptors (Lipinski definition) is 2. The number of aromatic hydroxyl groups is 1. The molecule has 0 spiro atoms. The quantitative estimate of drug-likeness (QED) is 0.843. The number of carbonyl (C=O) groups is 1. The second-order valence-electron chi connectivity index (χ2n) is 3.33. The molecule has 0 bridgehead atoms. The lowest BCUT2D eigenvalue weighted by atomic mass is 9.98. The van der Waals surface area contributed by atoms with E-state index >= 15 is 0 Å². The number of carboxylic acids is 1. The zero-order chi connectivity index (χ0) is 11.6. The van der Waals surface area contributed by atoms with Gasteiger partial charge in [0.2, 0.25) is 0 Å². The third-order valence-electron chi connectivity index (χ3n) is 2.09. The molecular formula is C10H10ClFO3. The number of halogens is 2. The molecule has 0 aromatic heterocycles. The van der Waals surface area contributed by atoms with Crippen molar-refractivity contribution < 1.29 is 19.4 Å². The van der Waals surface area contributed by atoms with E-state index in [1.54, 1.807) is 6.92 Å². The van der Waals surface area contributed by atoms with Gasteiger partial charge in [-0.25, -0.2) is 4.39 Å². The average molecular weight is 233 g/mol. The fourth-order valence-electron chi connectivity index (χ4n) is 1.25. The van der Waals surface area contributed by atoms with Crippen LogP contribution in [0.3, 0.4) is 0 Å². The first-order chi connectivity index (χ1) is 6.91. The summed E-state index contributed by atoms with van der Waals surface area (Å²) in [6, 6.07) is 2.46. The number of rotatable bonds is 3. The van der Waals surface area contributed by atoms with E-state index in [9.17, 15) is 9.18 Å². The molecule has 2 N–H and O–H groups in total. The zero-order valence-electron chi connectivity index (χ0n) is 8.00. The van der Waals surface area contributed by atoms with E-state index in [-0.39, 0.29) is 17.4 Å². The topological polar surface area (TPSA) is 57.5 Å². The molecule has 0 aliphatic rings. The van der Waals surface area contributed by atoms with Crippen LogP contribution in [-0.2, 0) is 4.79 Å². The van der Waals surface area contributed by atoms with Crippen molar-refractivity contribution in [2.75, 3.05) is 0 Å². The first-order valence-electron chi connectivity index (χ1n) is 4.31. The lowest BCUT2D eigenvalue weighted by Crippen LogP contribution is -2.03. The van der Waals surface area contributed by atoms with Crippen LogP contribution in [0.25, 0.3) is 0 Å². The summed E-state index contributed by atoms with van der Waals surface area (Å²) in [6.45, 7) is 1.65. The van der Waals surface area contributed by atoms with Crippen LogP contribution in [0.4, 0.5) is 4.39 Å². The van der Waals surface area contributed by atoms with Crippen molar-refractivity contribution in [3.05, 3.63) is 28.5 Å². The molecule has 1 unspecified atom stereocenters. The molecule has 0 aliphatic heterocycles. The lowest BCUT2D eigenvalue weighted by molar-refractivity contribution is -0.137. The second kappa shape index (κ2) is 4.49. The van der Waals surface area contributed by atoms with Gasteiger partial charge in [0.25, 0.3) is 0 Å². The average Bonchev–Trinajstić information content (AvgIpc) is 2.12. The number of phenolic OH excluding ortho intramolecular Hbond substituents is 1. The van der Waals surface area contributed by atoms with Gasteiger partial charge in [0.1, 0.15) is 0 Å². The summed E-state index contributed by atoms with van der Waals surface area (Å²) in [6.07, 6.45) is -0.111. The Morgan fingerprint density at radius 3 is 2.67 bits per heavy atom. The van der Waals surface area contributed by atoms with Crippen molar-refractivity contribution >= 4 is 17.6 Å². The van der Waals surface area contributed by atoms with Gasteiger partial charge in [-0.15, -0.1) is 0 Å². The Morgan fingerprint density at radius 1 is 1.60 bits per heavy atom. The highest BCUT2D eigenvalue weighted by atomic mass is 35.5. The molecule has 0 fully saturated rings. The molecule has 0 aliphatic carbocycles. The maximum atomic E-state index is 13.1. The Balaban J connectivity index is 3.00. The normalized spacial score (nSPS) is 12.5. The molecular weight excluding hydrogens is 223 g/mol. The summed E-state index contributed by atoms with van der Waals surface area (Å²) in [7, 11) is 0.